The molecule has 2 aromatic carbocycles. The monoisotopic (exact) mass is 302 g/mol. The van der Waals surface area contributed by atoms with Crippen LogP contribution in [0.5, 0.6) is 0 Å². The second-order valence-electron chi connectivity index (χ2n) is 4.87. The van der Waals surface area contributed by atoms with Gasteiger partial charge in [0.15, 0.2) is 0 Å². The number of halogens is 1. The van der Waals surface area contributed by atoms with Crippen LogP contribution in [0.3, 0.4) is 0 Å². The SMILES string of the molecule is CCc1ccc(Cc2cc(C)c(Br)cc2C)cc1. The minimum absolute atomic E-state index is 1.02. The van der Waals surface area contributed by atoms with Crippen molar-refractivity contribution in [1.82, 2.24) is 0 Å². The molecular formula is C17H19Br. The van der Waals surface area contributed by atoms with E-state index in [0.29, 0.717) is 0 Å². The molecule has 0 fully saturated rings. The molecule has 0 aliphatic carbocycles. The lowest BCUT2D eigenvalue weighted by atomic mass is 9.98. The van der Waals surface area contributed by atoms with Crippen LogP contribution in [0.25, 0.3) is 0 Å². The van der Waals surface area contributed by atoms with Gasteiger partial charge in [-0.15, -0.1) is 0 Å². The summed E-state index contributed by atoms with van der Waals surface area (Å²) in [4.78, 5) is 0. The maximum Gasteiger partial charge on any atom is 0.0207 e. The second kappa shape index (κ2) is 5.71. The summed E-state index contributed by atoms with van der Waals surface area (Å²) in [6.45, 7) is 6.52. The summed E-state index contributed by atoms with van der Waals surface area (Å²) >= 11 is 3.58. The third-order valence-corrected chi connectivity index (χ3v) is 4.30. The van der Waals surface area contributed by atoms with Gasteiger partial charge in [0.2, 0.25) is 0 Å². The van der Waals surface area contributed by atoms with Gasteiger partial charge in [-0.1, -0.05) is 53.2 Å². The lowest BCUT2D eigenvalue weighted by Gasteiger charge is -2.09. The predicted molar refractivity (Wildman–Crippen MR) is 82.2 cm³/mol. The van der Waals surface area contributed by atoms with E-state index in [1.165, 1.54) is 32.3 Å². The Hall–Kier alpha value is -1.08. The number of rotatable bonds is 3. The molecule has 0 aromatic heterocycles. The Morgan fingerprint density at radius 1 is 0.889 bits per heavy atom. The molecule has 0 spiro atoms. The first kappa shape index (κ1) is 13.4. The van der Waals surface area contributed by atoms with E-state index >= 15 is 0 Å². The highest BCUT2D eigenvalue weighted by Gasteiger charge is 2.04. The highest BCUT2D eigenvalue weighted by molar-refractivity contribution is 9.10. The predicted octanol–water partition coefficient (Wildman–Crippen LogP) is 5.22. The molecule has 0 aliphatic heterocycles. The van der Waals surface area contributed by atoms with Crippen molar-refractivity contribution < 1.29 is 0 Å². The first-order chi connectivity index (χ1) is 8.60. The van der Waals surface area contributed by atoms with E-state index < -0.39 is 0 Å². The van der Waals surface area contributed by atoms with Crippen molar-refractivity contribution in [2.45, 2.75) is 33.6 Å². The van der Waals surface area contributed by atoms with Gasteiger partial charge >= 0.3 is 0 Å². The standard InChI is InChI=1S/C17H19Br/c1-4-14-5-7-15(8-6-14)11-16-9-13(3)17(18)10-12(16)2/h5-10H,4,11H2,1-3H3. The summed E-state index contributed by atoms with van der Waals surface area (Å²) in [6.07, 6.45) is 2.13. The van der Waals surface area contributed by atoms with Crippen LogP contribution < -0.4 is 0 Å². The molecule has 0 saturated carbocycles. The number of hydrogen-bond acceptors (Lipinski definition) is 0. The van der Waals surface area contributed by atoms with Crippen LogP contribution in [0.4, 0.5) is 0 Å². The van der Waals surface area contributed by atoms with Crippen molar-refractivity contribution in [3.8, 4) is 0 Å². The van der Waals surface area contributed by atoms with Crippen LogP contribution in [0, 0.1) is 13.8 Å². The van der Waals surface area contributed by atoms with E-state index in [9.17, 15) is 0 Å². The summed E-state index contributed by atoms with van der Waals surface area (Å²) in [5, 5.41) is 0. The second-order valence-corrected chi connectivity index (χ2v) is 5.73. The molecule has 2 rings (SSSR count). The Morgan fingerprint density at radius 2 is 1.50 bits per heavy atom. The van der Waals surface area contributed by atoms with Crippen molar-refractivity contribution >= 4 is 15.9 Å². The average Bonchev–Trinajstić information content (AvgIpc) is 2.37. The molecule has 0 unspecified atom stereocenters. The van der Waals surface area contributed by atoms with Crippen LogP contribution in [0.15, 0.2) is 40.9 Å². The zero-order chi connectivity index (χ0) is 13.1. The summed E-state index contributed by atoms with van der Waals surface area (Å²) in [6, 6.07) is 13.5. The van der Waals surface area contributed by atoms with Crippen molar-refractivity contribution in [3.63, 3.8) is 0 Å². The molecule has 0 N–H and O–H groups in total. The Labute approximate surface area is 118 Å². The Morgan fingerprint density at radius 3 is 2.11 bits per heavy atom. The fourth-order valence-corrected chi connectivity index (χ4v) is 2.60. The molecule has 0 aliphatic rings. The Bertz CT molecular complexity index is 538. The zero-order valence-corrected chi connectivity index (χ0v) is 12.8. The van der Waals surface area contributed by atoms with E-state index in [2.05, 4.69) is 73.1 Å². The van der Waals surface area contributed by atoms with Gasteiger partial charge in [0, 0.05) is 4.47 Å². The smallest absolute Gasteiger partial charge is 0.0207 e. The molecule has 0 bridgehead atoms. The van der Waals surface area contributed by atoms with E-state index in [1.807, 2.05) is 0 Å². The van der Waals surface area contributed by atoms with Crippen LogP contribution in [0.2, 0.25) is 0 Å². The van der Waals surface area contributed by atoms with Crippen LogP contribution in [-0.2, 0) is 12.8 Å². The van der Waals surface area contributed by atoms with E-state index in [0.717, 1.165) is 12.8 Å². The first-order valence-electron chi connectivity index (χ1n) is 6.43. The molecule has 94 valence electrons. The van der Waals surface area contributed by atoms with Crippen LogP contribution in [0.1, 0.15) is 34.7 Å². The van der Waals surface area contributed by atoms with Gasteiger partial charge in [-0.05, 0) is 60.6 Å². The number of aryl methyl sites for hydroxylation is 3. The highest BCUT2D eigenvalue weighted by atomic mass is 79.9. The molecule has 0 heterocycles. The molecule has 0 radical (unpaired) electrons. The van der Waals surface area contributed by atoms with Gasteiger partial charge in [-0.3, -0.25) is 0 Å². The summed E-state index contributed by atoms with van der Waals surface area (Å²) < 4.78 is 1.20. The highest BCUT2D eigenvalue weighted by Crippen LogP contribution is 2.23. The molecule has 0 amide bonds. The normalized spacial score (nSPS) is 10.7. The van der Waals surface area contributed by atoms with Crippen molar-refractivity contribution in [2.24, 2.45) is 0 Å². The van der Waals surface area contributed by atoms with Gasteiger partial charge in [0.25, 0.3) is 0 Å². The van der Waals surface area contributed by atoms with Gasteiger partial charge in [-0.2, -0.15) is 0 Å². The van der Waals surface area contributed by atoms with Crippen LogP contribution in [-0.4, -0.2) is 0 Å². The minimum Gasteiger partial charge on any atom is -0.0613 e. The number of hydrogen-bond donors (Lipinski definition) is 0. The largest absolute Gasteiger partial charge is 0.0613 e. The maximum absolute atomic E-state index is 3.58. The van der Waals surface area contributed by atoms with Gasteiger partial charge in [0.05, 0.1) is 0 Å². The molecule has 2 aromatic rings. The van der Waals surface area contributed by atoms with Crippen molar-refractivity contribution in [1.29, 1.82) is 0 Å². The lowest BCUT2D eigenvalue weighted by molar-refractivity contribution is 1.11. The third kappa shape index (κ3) is 3.02. The van der Waals surface area contributed by atoms with Crippen LogP contribution >= 0.6 is 15.9 Å². The molecule has 1 heteroatoms. The topological polar surface area (TPSA) is 0 Å². The molecular weight excluding hydrogens is 284 g/mol. The molecule has 0 nitrogen and oxygen atoms in total. The van der Waals surface area contributed by atoms with Crippen molar-refractivity contribution in [3.05, 3.63) is 68.7 Å². The average molecular weight is 303 g/mol. The fraction of sp³-hybridized carbons (Fsp3) is 0.294. The Kier molecular flexibility index (Phi) is 4.23. The molecule has 0 saturated heterocycles. The van der Waals surface area contributed by atoms with E-state index in [-0.39, 0.29) is 0 Å². The zero-order valence-electron chi connectivity index (χ0n) is 11.3. The Balaban J connectivity index is 2.25. The summed E-state index contributed by atoms with van der Waals surface area (Å²) in [5.41, 5.74) is 6.87. The fourth-order valence-electron chi connectivity index (χ4n) is 2.14. The lowest BCUT2D eigenvalue weighted by Crippen LogP contribution is -1.94. The molecule has 0 atom stereocenters. The first-order valence-corrected chi connectivity index (χ1v) is 7.23. The summed E-state index contributed by atoms with van der Waals surface area (Å²) in [5.74, 6) is 0. The number of benzene rings is 2. The maximum atomic E-state index is 3.58. The quantitative estimate of drug-likeness (QED) is 0.729. The van der Waals surface area contributed by atoms with Crippen molar-refractivity contribution in [2.75, 3.05) is 0 Å². The third-order valence-electron chi connectivity index (χ3n) is 3.44. The van der Waals surface area contributed by atoms with Gasteiger partial charge < -0.3 is 0 Å². The summed E-state index contributed by atoms with van der Waals surface area (Å²) in [7, 11) is 0. The van der Waals surface area contributed by atoms with E-state index in [1.54, 1.807) is 0 Å². The minimum atomic E-state index is 1.02. The van der Waals surface area contributed by atoms with Gasteiger partial charge in [0.1, 0.15) is 0 Å². The molecule has 18 heavy (non-hydrogen) atoms. The van der Waals surface area contributed by atoms with Gasteiger partial charge in [-0.25, -0.2) is 0 Å². The van der Waals surface area contributed by atoms with E-state index in [4.69, 9.17) is 0 Å².